The summed E-state index contributed by atoms with van der Waals surface area (Å²) >= 11 is 5.95. The van der Waals surface area contributed by atoms with Gasteiger partial charge in [-0.15, -0.1) is 0 Å². The van der Waals surface area contributed by atoms with Crippen LogP contribution in [-0.2, 0) is 0 Å². The second kappa shape index (κ2) is 6.05. The Morgan fingerprint density at radius 3 is 2.39 bits per heavy atom. The molecule has 0 N–H and O–H groups in total. The SMILES string of the molecule is O=C(CC#Cc1ccccc1)c1ccccc1Cl. The van der Waals surface area contributed by atoms with Crippen molar-refractivity contribution in [3.05, 3.63) is 70.7 Å². The van der Waals surface area contributed by atoms with E-state index in [1.165, 1.54) is 0 Å². The van der Waals surface area contributed by atoms with E-state index < -0.39 is 0 Å². The molecule has 2 rings (SSSR count). The van der Waals surface area contributed by atoms with Crippen molar-refractivity contribution in [3.8, 4) is 11.8 Å². The van der Waals surface area contributed by atoms with E-state index in [2.05, 4.69) is 11.8 Å². The number of halogens is 1. The van der Waals surface area contributed by atoms with Crippen LogP contribution in [0.5, 0.6) is 0 Å². The third kappa shape index (κ3) is 3.23. The molecule has 0 aromatic heterocycles. The lowest BCUT2D eigenvalue weighted by atomic mass is 10.1. The molecule has 2 heteroatoms. The molecule has 0 amide bonds. The molecule has 0 saturated carbocycles. The maximum atomic E-state index is 11.9. The second-order valence-electron chi connectivity index (χ2n) is 3.75. The van der Waals surface area contributed by atoms with Crippen LogP contribution in [-0.4, -0.2) is 5.78 Å². The summed E-state index contributed by atoms with van der Waals surface area (Å²) < 4.78 is 0. The first-order valence-corrected chi connectivity index (χ1v) is 5.97. The van der Waals surface area contributed by atoms with Crippen LogP contribution in [0, 0.1) is 11.8 Å². The number of ketones is 1. The highest BCUT2D eigenvalue weighted by Crippen LogP contribution is 2.16. The van der Waals surface area contributed by atoms with E-state index in [9.17, 15) is 4.79 Å². The lowest BCUT2D eigenvalue weighted by molar-refractivity contribution is 0.0998. The molecule has 0 aliphatic carbocycles. The molecular weight excluding hydrogens is 244 g/mol. The van der Waals surface area contributed by atoms with Crippen molar-refractivity contribution in [2.24, 2.45) is 0 Å². The lowest BCUT2D eigenvalue weighted by Gasteiger charge is -1.98. The van der Waals surface area contributed by atoms with Gasteiger partial charge in [-0.2, -0.15) is 0 Å². The van der Waals surface area contributed by atoms with Crippen LogP contribution in [0.15, 0.2) is 54.6 Å². The summed E-state index contributed by atoms with van der Waals surface area (Å²) in [5, 5.41) is 0.476. The average Bonchev–Trinajstić information content (AvgIpc) is 2.40. The molecule has 18 heavy (non-hydrogen) atoms. The molecule has 0 aliphatic rings. The summed E-state index contributed by atoms with van der Waals surface area (Å²) in [6.07, 6.45) is 0.179. The molecule has 88 valence electrons. The first-order chi connectivity index (χ1) is 8.77. The molecule has 0 unspecified atom stereocenters. The molecule has 0 bridgehead atoms. The molecule has 2 aromatic carbocycles. The minimum atomic E-state index is -0.0518. The molecule has 0 atom stereocenters. The van der Waals surface area contributed by atoms with Crippen LogP contribution < -0.4 is 0 Å². The predicted octanol–water partition coefficient (Wildman–Crippen LogP) is 3.96. The summed E-state index contributed by atoms with van der Waals surface area (Å²) in [7, 11) is 0. The van der Waals surface area contributed by atoms with Crippen molar-refractivity contribution in [1.29, 1.82) is 0 Å². The van der Waals surface area contributed by atoms with Crippen LogP contribution in [0.25, 0.3) is 0 Å². The zero-order valence-electron chi connectivity index (χ0n) is 9.69. The Kier molecular flexibility index (Phi) is 4.17. The Morgan fingerprint density at radius 1 is 1.00 bits per heavy atom. The van der Waals surface area contributed by atoms with Crippen molar-refractivity contribution >= 4 is 17.4 Å². The minimum absolute atomic E-state index is 0.0518. The first-order valence-electron chi connectivity index (χ1n) is 5.59. The third-order valence-corrected chi connectivity index (χ3v) is 2.76. The largest absolute Gasteiger partial charge is 0.293 e. The van der Waals surface area contributed by atoms with Gasteiger partial charge >= 0.3 is 0 Å². The summed E-state index contributed by atoms with van der Waals surface area (Å²) in [5.74, 6) is 5.77. The fraction of sp³-hybridized carbons (Fsp3) is 0.0625. The number of benzene rings is 2. The van der Waals surface area contributed by atoms with Crippen LogP contribution in [0.1, 0.15) is 22.3 Å². The summed E-state index contributed by atoms with van der Waals surface area (Å²) in [6, 6.07) is 16.6. The van der Waals surface area contributed by atoms with E-state index in [0.717, 1.165) is 5.56 Å². The molecule has 0 aliphatic heterocycles. The smallest absolute Gasteiger partial charge is 0.176 e. The van der Waals surface area contributed by atoms with Gasteiger partial charge in [0.25, 0.3) is 0 Å². The normalized spacial score (nSPS) is 9.39. The van der Waals surface area contributed by atoms with Crippen LogP contribution in [0.3, 0.4) is 0 Å². The highest BCUT2D eigenvalue weighted by molar-refractivity contribution is 6.34. The average molecular weight is 255 g/mol. The summed E-state index contributed by atoms with van der Waals surface area (Å²) in [4.78, 5) is 11.9. The maximum Gasteiger partial charge on any atom is 0.176 e. The number of hydrogen-bond acceptors (Lipinski definition) is 1. The summed E-state index contributed by atoms with van der Waals surface area (Å²) in [5.41, 5.74) is 1.44. The van der Waals surface area contributed by atoms with Gasteiger partial charge in [0.2, 0.25) is 0 Å². The van der Waals surface area contributed by atoms with Crippen LogP contribution in [0.4, 0.5) is 0 Å². The molecular formula is C16H11ClO. The molecule has 0 saturated heterocycles. The van der Waals surface area contributed by atoms with Gasteiger partial charge in [0, 0.05) is 11.1 Å². The number of rotatable bonds is 2. The Balaban J connectivity index is 2.06. The topological polar surface area (TPSA) is 17.1 Å². The van der Waals surface area contributed by atoms with Crippen LogP contribution in [0.2, 0.25) is 5.02 Å². The number of carbonyl (C=O) groups excluding carboxylic acids is 1. The Bertz CT molecular complexity index is 606. The Hall–Kier alpha value is -2.04. The standard InChI is InChI=1S/C16H11ClO/c17-15-11-5-4-10-14(15)16(18)12-6-9-13-7-2-1-3-8-13/h1-5,7-8,10-11H,12H2. The van der Waals surface area contributed by atoms with E-state index in [0.29, 0.717) is 10.6 Å². The number of hydrogen-bond donors (Lipinski definition) is 0. The fourth-order valence-electron chi connectivity index (χ4n) is 1.53. The molecule has 0 fully saturated rings. The molecule has 0 spiro atoms. The minimum Gasteiger partial charge on any atom is -0.293 e. The van der Waals surface area contributed by atoms with E-state index in [-0.39, 0.29) is 12.2 Å². The number of carbonyl (C=O) groups is 1. The Morgan fingerprint density at radius 2 is 1.67 bits per heavy atom. The van der Waals surface area contributed by atoms with Crippen molar-refractivity contribution in [2.45, 2.75) is 6.42 Å². The summed E-state index contributed by atoms with van der Waals surface area (Å²) in [6.45, 7) is 0. The van der Waals surface area contributed by atoms with E-state index in [4.69, 9.17) is 11.6 Å². The quantitative estimate of drug-likeness (QED) is 0.586. The van der Waals surface area contributed by atoms with E-state index in [1.54, 1.807) is 24.3 Å². The second-order valence-corrected chi connectivity index (χ2v) is 4.15. The highest BCUT2D eigenvalue weighted by atomic mass is 35.5. The van der Waals surface area contributed by atoms with Crippen LogP contribution >= 0.6 is 11.6 Å². The van der Waals surface area contributed by atoms with Gasteiger partial charge in [-0.1, -0.05) is 53.8 Å². The monoisotopic (exact) mass is 254 g/mol. The van der Waals surface area contributed by atoms with Gasteiger partial charge in [0.1, 0.15) is 0 Å². The molecule has 0 heterocycles. The first kappa shape index (κ1) is 12.4. The van der Waals surface area contributed by atoms with Gasteiger partial charge in [-0.3, -0.25) is 4.79 Å². The van der Waals surface area contributed by atoms with Crippen molar-refractivity contribution in [2.75, 3.05) is 0 Å². The van der Waals surface area contributed by atoms with Crippen molar-refractivity contribution < 1.29 is 4.79 Å². The maximum absolute atomic E-state index is 11.9. The van der Waals surface area contributed by atoms with Gasteiger partial charge in [-0.05, 0) is 24.3 Å². The third-order valence-electron chi connectivity index (χ3n) is 2.43. The van der Waals surface area contributed by atoms with Gasteiger partial charge < -0.3 is 0 Å². The lowest BCUT2D eigenvalue weighted by Crippen LogP contribution is -1.97. The molecule has 2 aromatic rings. The van der Waals surface area contributed by atoms with Crippen molar-refractivity contribution in [1.82, 2.24) is 0 Å². The zero-order valence-corrected chi connectivity index (χ0v) is 10.4. The zero-order chi connectivity index (χ0) is 12.8. The number of Topliss-reactive ketones (excluding diaryl/α,β-unsaturated/α-hetero) is 1. The highest BCUT2D eigenvalue weighted by Gasteiger charge is 2.07. The van der Waals surface area contributed by atoms with Gasteiger partial charge in [0.15, 0.2) is 5.78 Å². The van der Waals surface area contributed by atoms with E-state index >= 15 is 0 Å². The van der Waals surface area contributed by atoms with Gasteiger partial charge in [-0.25, -0.2) is 0 Å². The molecule has 1 nitrogen and oxygen atoms in total. The fourth-order valence-corrected chi connectivity index (χ4v) is 1.77. The van der Waals surface area contributed by atoms with Crippen molar-refractivity contribution in [3.63, 3.8) is 0 Å². The van der Waals surface area contributed by atoms with E-state index in [1.807, 2.05) is 30.3 Å². The predicted molar refractivity (Wildman–Crippen MR) is 73.7 cm³/mol. The molecule has 0 radical (unpaired) electrons. The Labute approximate surface area is 111 Å². The van der Waals surface area contributed by atoms with Gasteiger partial charge in [0.05, 0.1) is 11.4 Å².